The maximum atomic E-state index is 11.1. The van der Waals surface area contributed by atoms with Gasteiger partial charge in [0.15, 0.2) is 5.69 Å². The van der Waals surface area contributed by atoms with Crippen molar-refractivity contribution in [1.82, 2.24) is 9.78 Å². The number of hydrogen-bond acceptors (Lipinski definition) is 3. The van der Waals surface area contributed by atoms with Crippen LogP contribution in [0, 0.1) is 13.8 Å². The van der Waals surface area contributed by atoms with Gasteiger partial charge in [0, 0.05) is 12.6 Å². The molecule has 1 heterocycles. The number of halogens is 1. The molecule has 0 spiro atoms. The Labute approximate surface area is 125 Å². The number of rotatable bonds is 3. The van der Waals surface area contributed by atoms with Crippen molar-refractivity contribution in [3.8, 4) is 17.0 Å². The molecule has 0 saturated heterocycles. The summed E-state index contributed by atoms with van der Waals surface area (Å²) >= 11 is 3.34. The molecule has 2 aromatic rings. The molecule has 0 amide bonds. The highest BCUT2D eigenvalue weighted by molar-refractivity contribution is 9.10. The average Bonchev–Trinajstić information content (AvgIpc) is 2.69. The van der Waals surface area contributed by atoms with E-state index in [1.165, 1.54) is 0 Å². The van der Waals surface area contributed by atoms with Crippen molar-refractivity contribution in [2.75, 3.05) is 7.11 Å². The zero-order valence-electron chi connectivity index (χ0n) is 11.7. The second-order valence-electron chi connectivity index (χ2n) is 4.51. The molecule has 0 aliphatic carbocycles. The first kappa shape index (κ1) is 14.6. The van der Waals surface area contributed by atoms with E-state index >= 15 is 0 Å². The maximum Gasteiger partial charge on any atom is 0.357 e. The molecule has 0 aliphatic heterocycles. The quantitative estimate of drug-likeness (QED) is 0.933. The minimum absolute atomic E-state index is 0.00960. The summed E-state index contributed by atoms with van der Waals surface area (Å²) in [5.41, 5.74) is 3.73. The molecule has 106 valence electrons. The predicted octanol–water partition coefficient (Wildman–Crippen LogP) is 3.17. The summed E-state index contributed by atoms with van der Waals surface area (Å²) < 4.78 is 7.35. The van der Waals surface area contributed by atoms with Crippen LogP contribution in [0.3, 0.4) is 0 Å². The lowest BCUT2D eigenvalue weighted by molar-refractivity contribution is 0.0688. The zero-order chi connectivity index (χ0) is 15.0. The fourth-order valence-corrected chi connectivity index (χ4v) is 2.92. The smallest absolute Gasteiger partial charge is 0.357 e. The Morgan fingerprint density at radius 1 is 1.35 bits per heavy atom. The van der Waals surface area contributed by atoms with Crippen molar-refractivity contribution in [3.63, 3.8) is 0 Å². The highest BCUT2D eigenvalue weighted by atomic mass is 79.9. The minimum atomic E-state index is -1.05. The van der Waals surface area contributed by atoms with Crippen LogP contribution in [0.25, 0.3) is 11.3 Å². The van der Waals surface area contributed by atoms with E-state index in [9.17, 15) is 4.79 Å². The number of nitrogens with zero attached hydrogens (tertiary/aromatic N) is 2. The molecule has 0 unspecified atom stereocenters. The molecule has 0 radical (unpaired) electrons. The lowest BCUT2D eigenvalue weighted by Gasteiger charge is -2.13. The molecule has 1 aromatic carbocycles. The fraction of sp³-hybridized carbons (Fsp3) is 0.286. The van der Waals surface area contributed by atoms with Crippen LogP contribution in [0.15, 0.2) is 16.6 Å². The Morgan fingerprint density at radius 2 is 2.00 bits per heavy atom. The van der Waals surface area contributed by atoms with E-state index in [1.807, 2.05) is 26.0 Å². The molecule has 1 aromatic heterocycles. The summed E-state index contributed by atoms with van der Waals surface area (Å²) in [5.74, 6) is -0.246. The average molecular weight is 339 g/mol. The van der Waals surface area contributed by atoms with Gasteiger partial charge in [0.05, 0.1) is 17.3 Å². The second kappa shape index (κ2) is 5.28. The number of aromatic carboxylic acids is 1. The van der Waals surface area contributed by atoms with Gasteiger partial charge in [-0.15, -0.1) is 0 Å². The Kier molecular flexibility index (Phi) is 3.85. The van der Waals surface area contributed by atoms with Crippen LogP contribution in [0.1, 0.15) is 21.6 Å². The van der Waals surface area contributed by atoms with Gasteiger partial charge < -0.3 is 9.84 Å². The molecule has 20 heavy (non-hydrogen) atoms. The number of carboxylic acids is 1. The number of carbonyl (C=O) groups is 1. The van der Waals surface area contributed by atoms with Crippen molar-refractivity contribution in [1.29, 1.82) is 0 Å². The van der Waals surface area contributed by atoms with Gasteiger partial charge in [-0.3, -0.25) is 4.68 Å². The number of ether oxygens (including phenoxy) is 1. The largest absolute Gasteiger partial charge is 0.496 e. The summed E-state index contributed by atoms with van der Waals surface area (Å²) in [6, 6.07) is 3.78. The van der Waals surface area contributed by atoms with Gasteiger partial charge in [0.25, 0.3) is 0 Å². The molecule has 0 saturated carbocycles. The van der Waals surface area contributed by atoms with Crippen LogP contribution in [0.5, 0.6) is 5.75 Å². The van der Waals surface area contributed by atoms with E-state index in [-0.39, 0.29) is 5.69 Å². The Morgan fingerprint density at radius 3 is 2.50 bits per heavy atom. The van der Waals surface area contributed by atoms with Crippen molar-refractivity contribution >= 4 is 21.9 Å². The van der Waals surface area contributed by atoms with E-state index in [4.69, 9.17) is 9.84 Å². The van der Waals surface area contributed by atoms with Crippen molar-refractivity contribution in [2.45, 2.75) is 13.8 Å². The van der Waals surface area contributed by atoms with E-state index in [1.54, 1.807) is 18.8 Å². The number of aryl methyl sites for hydroxylation is 1. The van der Waals surface area contributed by atoms with Crippen LogP contribution < -0.4 is 4.74 Å². The molecular formula is C14H15BrN2O3. The lowest BCUT2D eigenvalue weighted by Crippen LogP contribution is -2.00. The first-order valence-electron chi connectivity index (χ1n) is 5.98. The molecule has 0 aliphatic rings. The topological polar surface area (TPSA) is 64.3 Å². The van der Waals surface area contributed by atoms with E-state index < -0.39 is 5.97 Å². The van der Waals surface area contributed by atoms with Crippen LogP contribution in [0.4, 0.5) is 0 Å². The monoisotopic (exact) mass is 338 g/mol. The number of benzene rings is 1. The SMILES string of the molecule is COc1ccc(-c2c(Br)c(C(=O)O)nn2C)c(C)c1C. The lowest BCUT2D eigenvalue weighted by atomic mass is 9.99. The molecule has 0 atom stereocenters. The Balaban J connectivity index is 2.70. The molecule has 0 bridgehead atoms. The highest BCUT2D eigenvalue weighted by Gasteiger charge is 2.22. The Hall–Kier alpha value is -1.82. The van der Waals surface area contributed by atoms with E-state index in [0.29, 0.717) is 4.47 Å². The van der Waals surface area contributed by atoms with Gasteiger partial charge in [-0.2, -0.15) is 5.10 Å². The third-order valence-electron chi connectivity index (χ3n) is 3.40. The number of methoxy groups -OCH3 is 1. The van der Waals surface area contributed by atoms with E-state index in [2.05, 4.69) is 21.0 Å². The standard InChI is InChI=1S/C14H15BrN2O3/c1-7-8(2)10(20-4)6-5-9(7)13-11(15)12(14(18)19)16-17(13)3/h5-6H,1-4H3,(H,18,19). The summed E-state index contributed by atoms with van der Waals surface area (Å²) in [7, 11) is 3.36. The third kappa shape index (κ3) is 2.20. The number of hydrogen-bond donors (Lipinski definition) is 1. The number of aromatic nitrogens is 2. The van der Waals surface area contributed by atoms with Crippen molar-refractivity contribution in [2.24, 2.45) is 7.05 Å². The summed E-state index contributed by atoms with van der Waals surface area (Å²) in [6.45, 7) is 3.95. The second-order valence-corrected chi connectivity index (χ2v) is 5.30. The zero-order valence-corrected chi connectivity index (χ0v) is 13.3. The normalized spacial score (nSPS) is 10.7. The van der Waals surface area contributed by atoms with Crippen LogP contribution in [-0.2, 0) is 7.05 Å². The molecule has 6 heteroatoms. The van der Waals surface area contributed by atoms with Gasteiger partial charge in [-0.1, -0.05) is 0 Å². The third-order valence-corrected chi connectivity index (χ3v) is 4.16. The first-order chi connectivity index (χ1) is 9.38. The summed E-state index contributed by atoms with van der Waals surface area (Å²) in [4.78, 5) is 11.1. The molecule has 5 nitrogen and oxygen atoms in total. The van der Waals surface area contributed by atoms with Gasteiger partial charge in [-0.05, 0) is 53.0 Å². The maximum absolute atomic E-state index is 11.1. The Bertz CT molecular complexity index is 692. The van der Waals surface area contributed by atoms with Crippen molar-refractivity contribution < 1.29 is 14.6 Å². The first-order valence-corrected chi connectivity index (χ1v) is 6.78. The molecule has 0 fully saturated rings. The van der Waals surface area contributed by atoms with Crippen LogP contribution in [0.2, 0.25) is 0 Å². The van der Waals surface area contributed by atoms with Gasteiger partial charge in [-0.25, -0.2) is 4.79 Å². The summed E-state index contributed by atoms with van der Waals surface area (Å²) in [5, 5.41) is 13.2. The van der Waals surface area contributed by atoms with Gasteiger partial charge in [0.2, 0.25) is 0 Å². The van der Waals surface area contributed by atoms with E-state index in [0.717, 1.165) is 28.1 Å². The molecule has 2 rings (SSSR count). The molecular weight excluding hydrogens is 324 g/mol. The highest BCUT2D eigenvalue weighted by Crippen LogP contribution is 2.36. The van der Waals surface area contributed by atoms with Crippen LogP contribution in [-0.4, -0.2) is 28.0 Å². The fourth-order valence-electron chi connectivity index (χ4n) is 2.20. The van der Waals surface area contributed by atoms with Gasteiger partial charge >= 0.3 is 5.97 Å². The van der Waals surface area contributed by atoms with Gasteiger partial charge in [0.1, 0.15) is 5.75 Å². The van der Waals surface area contributed by atoms with Crippen molar-refractivity contribution in [3.05, 3.63) is 33.4 Å². The number of carboxylic acid groups (broad SMARTS) is 1. The van der Waals surface area contributed by atoms with Crippen LogP contribution >= 0.6 is 15.9 Å². The minimum Gasteiger partial charge on any atom is -0.496 e. The molecule has 1 N–H and O–H groups in total. The predicted molar refractivity (Wildman–Crippen MR) is 79.3 cm³/mol. The summed E-state index contributed by atoms with van der Waals surface area (Å²) in [6.07, 6.45) is 0.